The quantitative estimate of drug-likeness (QED) is 0.257. The standard InChI is InChI=1S/C10H18N4O3/c1-10(2,8(12)13-17)9(16)14-4-3-6(5-14)7(11)15/h6,17H,3-5H2,1-2H3,(H2,11,15)(H2,12,13). The molecule has 1 aliphatic rings. The van der Waals surface area contributed by atoms with Gasteiger partial charge in [-0.2, -0.15) is 0 Å². The predicted octanol–water partition coefficient (Wildman–Crippen LogP) is -0.907. The summed E-state index contributed by atoms with van der Waals surface area (Å²) in [6.45, 7) is 3.91. The maximum Gasteiger partial charge on any atom is 0.235 e. The van der Waals surface area contributed by atoms with Crippen LogP contribution in [0, 0.1) is 11.3 Å². The van der Waals surface area contributed by atoms with Crippen molar-refractivity contribution in [3.05, 3.63) is 0 Å². The molecule has 0 radical (unpaired) electrons. The maximum absolute atomic E-state index is 12.1. The molecule has 1 rings (SSSR count). The van der Waals surface area contributed by atoms with Crippen LogP contribution in [-0.4, -0.2) is 40.8 Å². The summed E-state index contributed by atoms with van der Waals surface area (Å²) in [7, 11) is 0. The zero-order valence-corrected chi connectivity index (χ0v) is 10.0. The SMILES string of the molecule is CC(C)(C(=O)N1CCC(C(N)=O)C1)C(N)=NO. The number of carbonyl (C=O) groups excluding carboxylic acids is 2. The molecule has 1 atom stereocenters. The summed E-state index contributed by atoms with van der Waals surface area (Å²) in [6.07, 6.45) is 0.563. The fourth-order valence-electron chi connectivity index (χ4n) is 1.81. The molecule has 7 nitrogen and oxygen atoms in total. The molecule has 0 aliphatic carbocycles. The second-order valence-corrected chi connectivity index (χ2v) is 4.75. The molecule has 0 bridgehead atoms. The Morgan fingerprint density at radius 2 is 2.00 bits per heavy atom. The first-order valence-electron chi connectivity index (χ1n) is 5.37. The average Bonchev–Trinajstić information content (AvgIpc) is 2.75. The lowest BCUT2D eigenvalue weighted by Crippen LogP contribution is -2.47. The number of amides is 2. The van der Waals surface area contributed by atoms with E-state index in [1.54, 1.807) is 13.8 Å². The summed E-state index contributed by atoms with van der Waals surface area (Å²) in [6, 6.07) is 0. The van der Waals surface area contributed by atoms with E-state index < -0.39 is 11.3 Å². The molecule has 96 valence electrons. The number of oxime groups is 1. The van der Waals surface area contributed by atoms with Crippen molar-refractivity contribution in [2.45, 2.75) is 20.3 Å². The van der Waals surface area contributed by atoms with Gasteiger partial charge in [-0.1, -0.05) is 5.16 Å². The fourth-order valence-corrected chi connectivity index (χ4v) is 1.81. The van der Waals surface area contributed by atoms with Crippen LogP contribution in [0.25, 0.3) is 0 Å². The minimum absolute atomic E-state index is 0.148. The Morgan fingerprint density at radius 3 is 2.41 bits per heavy atom. The molecule has 1 aliphatic heterocycles. The summed E-state index contributed by atoms with van der Waals surface area (Å²) in [4.78, 5) is 24.7. The maximum atomic E-state index is 12.1. The first-order valence-corrected chi connectivity index (χ1v) is 5.37. The molecule has 7 heteroatoms. The van der Waals surface area contributed by atoms with Crippen molar-refractivity contribution in [3.63, 3.8) is 0 Å². The summed E-state index contributed by atoms with van der Waals surface area (Å²) >= 11 is 0. The largest absolute Gasteiger partial charge is 0.409 e. The molecule has 1 saturated heterocycles. The van der Waals surface area contributed by atoms with Gasteiger partial charge in [0.2, 0.25) is 11.8 Å². The van der Waals surface area contributed by atoms with Crippen LogP contribution in [-0.2, 0) is 9.59 Å². The van der Waals surface area contributed by atoms with Crippen molar-refractivity contribution in [2.24, 2.45) is 28.0 Å². The third kappa shape index (κ3) is 2.48. The second kappa shape index (κ2) is 4.60. The van der Waals surface area contributed by atoms with Crippen LogP contribution in [0.3, 0.4) is 0 Å². The smallest absolute Gasteiger partial charge is 0.235 e. The summed E-state index contributed by atoms with van der Waals surface area (Å²) in [5, 5.41) is 11.5. The van der Waals surface area contributed by atoms with Crippen molar-refractivity contribution >= 4 is 17.6 Å². The Labute approximate surface area is 99.4 Å². The molecule has 1 fully saturated rings. The van der Waals surface area contributed by atoms with Gasteiger partial charge in [-0.3, -0.25) is 9.59 Å². The number of primary amides is 1. The van der Waals surface area contributed by atoms with Crippen LogP contribution in [0.15, 0.2) is 5.16 Å². The van der Waals surface area contributed by atoms with E-state index in [9.17, 15) is 9.59 Å². The average molecular weight is 242 g/mol. The van der Waals surface area contributed by atoms with Crippen molar-refractivity contribution in [1.29, 1.82) is 0 Å². The van der Waals surface area contributed by atoms with Gasteiger partial charge in [0.1, 0.15) is 5.41 Å². The topological polar surface area (TPSA) is 122 Å². The van der Waals surface area contributed by atoms with Crippen molar-refractivity contribution in [2.75, 3.05) is 13.1 Å². The fraction of sp³-hybridized carbons (Fsp3) is 0.700. The highest BCUT2D eigenvalue weighted by Gasteiger charge is 2.40. The zero-order valence-electron chi connectivity index (χ0n) is 10.0. The number of hydrogen-bond donors (Lipinski definition) is 3. The van der Waals surface area contributed by atoms with Gasteiger partial charge in [-0.05, 0) is 20.3 Å². The summed E-state index contributed by atoms with van der Waals surface area (Å²) in [5.41, 5.74) is 9.58. The Kier molecular flexibility index (Phi) is 3.59. The number of rotatable bonds is 3. The Bertz CT molecular complexity index is 365. The highest BCUT2D eigenvalue weighted by molar-refractivity contribution is 6.06. The Morgan fingerprint density at radius 1 is 1.41 bits per heavy atom. The van der Waals surface area contributed by atoms with Gasteiger partial charge in [-0.25, -0.2) is 0 Å². The third-order valence-corrected chi connectivity index (χ3v) is 3.16. The highest BCUT2D eigenvalue weighted by Crippen LogP contribution is 2.24. The van der Waals surface area contributed by atoms with Crippen LogP contribution in [0.4, 0.5) is 0 Å². The normalized spacial score (nSPS) is 21.6. The van der Waals surface area contributed by atoms with E-state index in [4.69, 9.17) is 16.7 Å². The van der Waals surface area contributed by atoms with Crippen molar-refractivity contribution < 1.29 is 14.8 Å². The third-order valence-electron chi connectivity index (χ3n) is 3.16. The lowest BCUT2D eigenvalue weighted by atomic mass is 9.90. The van der Waals surface area contributed by atoms with Gasteiger partial charge < -0.3 is 21.6 Å². The molecule has 1 heterocycles. The van der Waals surface area contributed by atoms with Crippen molar-refractivity contribution in [3.8, 4) is 0 Å². The van der Waals surface area contributed by atoms with Gasteiger partial charge in [0.25, 0.3) is 0 Å². The number of nitrogens with zero attached hydrogens (tertiary/aromatic N) is 2. The number of nitrogens with two attached hydrogens (primary N) is 2. The predicted molar refractivity (Wildman–Crippen MR) is 61.1 cm³/mol. The molecule has 0 aromatic heterocycles. The summed E-state index contributed by atoms with van der Waals surface area (Å²) in [5.74, 6) is -1.12. The van der Waals surface area contributed by atoms with Crippen LogP contribution in [0.5, 0.6) is 0 Å². The molecule has 2 amide bonds. The molecule has 0 saturated carbocycles. The van der Waals surface area contributed by atoms with Crippen LogP contribution in [0.2, 0.25) is 0 Å². The number of carbonyl (C=O) groups is 2. The minimum atomic E-state index is -1.08. The van der Waals surface area contributed by atoms with E-state index in [1.165, 1.54) is 4.90 Å². The lowest BCUT2D eigenvalue weighted by Gasteiger charge is -2.27. The van der Waals surface area contributed by atoms with Gasteiger partial charge in [0.05, 0.1) is 5.92 Å². The van der Waals surface area contributed by atoms with Gasteiger partial charge >= 0.3 is 0 Å². The van der Waals surface area contributed by atoms with Gasteiger partial charge in [-0.15, -0.1) is 0 Å². The van der Waals surface area contributed by atoms with Gasteiger partial charge in [0.15, 0.2) is 5.84 Å². The Hall–Kier alpha value is -1.79. The molecular weight excluding hydrogens is 224 g/mol. The molecule has 17 heavy (non-hydrogen) atoms. The van der Waals surface area contributed by atoms with Crippen LogP contribution < -0.4 is 11.5 Å². The van der Waals surface area contributed by atoms with Crippen molar-refractivity contribution in [1.82, 2.24) is 4.90 Å². The van der Waals surface area contributed by atoms with Crippen LogP contribution >= 0.6 is 0 Å². The molecule has 5 N–H and O–H groups in total. The number of likely N-dealkylation sites (tertiary alicyclic amines) is 1. The monoisotopic (exact) mass is 242 g/mol. The van der Waals surface area contributed by atoms with E-state index in [1.807, 2.05) is 0 Å². The van der Waals surface area contributed by atoms with E-state index in [0.29, 0.717) is 19.5 Å². The van der Waals surface area contributed by atoms with E-state index >= 15 is 0 Å². The van der Waals surface area contributed by atoms with Crippen LogP contribution in [0.1, 0.15) is 20.3 Å². The molecular formula is C10H18N4O3. The minimum Gasteiger partial charge on any atom is -0.409 e. The zero-order chi connectivity index (χ0) is 13.2. The van der Waals surface area contributed by atoms with E-state index in [2.05, 4.69) is 5.16 Å². The molecule has 1 unspecified atom stereocenters. The highest BCUT2D eigenvalue weighted by atomic mass is 16.4. The first-order chi connectivity index (χ1) is 7.80. The molecule has 0 aromatic carbocycles. The number of hydrogen-bond acceptors (Lipinski definition) is 4. The lowest BCUT2D eigenvalue weighted by molar-refractivity contribution is -0.136. The Balaban J connectivity index is 2.76. The van der Waals surface area contributed by atoms with E-state index in [0.717, 1.165) is 0 Å². The second-order valence-electron chi connectivity index (χ2n) is 4.75. The number of amidine groups is 1. The first kappa shape index (κ1) is 13.3. The summed E-state index contributed by atoms with van der Waals surface area (Å²) < 4.78 is 0. The van der Waals surface area contributed by atoms with E-state index in [-0.39, 0.29) is 17.7 Å². The van der Waals surface area contributed by atoms with Gasteiger partial charge in [0, 0.05) is 13.1 Å². The molecule has 0 spiro atoms. The molecule has 0 aromatic rings.